The van der Waals surface area contributed by atoms with Gasteiger partial charge >= 0.3 is 12.1 Å². The molecule has 0 bridgehead atoms. The summed E-state index contributed by atoms with van der Waals surface area (Å²) in [5, 5.41) is 9.04. The lowest BCUT2D eigenvalue weighted by molar-refractivity contribution is -0.149. The largest absolute Gasteiger partial charge is 0.480 e. The Balaban J connectivity index is 2.45. The lowest BCUT2D eigenvalue weighted by Crippen LogP contribution is -2.48. The average molecular weight is 239 g/mol. The molecule has 1 rings (SSSR count). The van der Waals surface area contributed by atoms with Crippen molar-refractivity contribution in [1.82, 2.24) is 4.90 Å². The summed E-state index contributed by atoms with van der Waals surface area (Å²) < 4.78 is 35.8. The Morgan fingerprint density at radius 2 is 2.12 bits per heavy atom. The third kappa shape index (κ3) is 3.10. The maximum Gasteiger partial charge on any atom is 0.389 e. The highest BCUT2D eigenvalue weighted by molar-refractivity contribution is 5.78. The van der Waals surface area contributed by atoms with Gasteiger partial charge in [0.2, 0.25) is 0 Å². The summed E-state index contributed by atoms with van der Waals surface area (Å²) in [5.41, 5.74) is -0.981. The fourth-order valence-electron chi connectivity index (χ4n) is 2.09. The molecule has 1 atom stereocenters. The van der Waals surface area contributed by atoms with Crippen molar-refractivity contribution >= 4 is 5.97 Å². The van der Waals surface area contributed by atoms with Gasteiger partial charge in [0.1, 0.15) is 5.54 Å². The van der Waals surface area contributed by atoms with Crippen LogP contribution in [0.15, 0.2) is 0 Å². The zero-order valence-electron chi connectivity index (χ0n) is 9.18. The van der Waals surface area contributed by atoms with E-state index < -0.39 is 24.1 Å². The van der Waals surface area contributed by atoms with Crippen LogP contribution in [0.2, 0.25) is 0 Å². The van der Waals surface area contributed by atoms with Crippen molar-refractivity contribution in [2.24, 2.45) is 0 Å². The van der Waals surface area contributed by atoms with E-state index in [1.807, 2.05) is 0 Å². The summed E-state index contributed by atoms with van der Waals surface area (Å²) in [7, 11) is 0. The van der Waals surface area contributed by atoms with Crippen LogP contribution in [0.5, 0.6) is 0 Å². The molecule has 1 N–H and O–H groups in total. The van der Waals surface area contributed by atoms with Crippen LogP contribution in [-0.2, 0) is 4.79 Å². The predicted molar refractivity (Wildman–Crippen MR) is 52.1 cm³/mol. The van der Waals surface area contributed by atoms with Crippen molar-refractivity contribution in [1.29, 1.82) is 0 Å². The van der Waals surface area contributed by atoms with Gasteiger partial charge in [0, 0.05) is 6.42 Å². The molecule has 16 heavy (non-hydrogen) atoms. The topological polar surface area (TPSA) is 40.5 Å². The van der Waals surface area contributed by atoms with E-state index in [9.17, 15) is 18.0 Å². The number of hydrogen-bond acceptors (Lipinski definition) is 2. The third-order valence-corrected chi connectivity index (χ3v) is 3.14. The van der Waals surface area contributed by atoms with Crippen LogP contribution in [-0.4, -0.2) is 40.8 Å². The number of hydrogen-bond donors (Lipinski definition) is 1. The molecule has 94 valence electrons. The average Bonchev–Trinajstić information content (AvgIpc) is 2.47. The molecule has 0 saturated carbocycles. The second kappa shape index (κ2) is 4.61. The number of alkyl halides is 3. The van der Waals surface area contributed by atoms with Crippen LogP contribution < -0.4 is 0 Å². The van der Waals surface area contributed by atoms with E-state index in [4.69, 9.17) is 5.11 Å². The van der Waals surface area contributed by atoms with E-state index in [2.05, 4.69) is 0 Å². The molecule has 0 amide bonds. The molecule has 0 spiro atoms. The van der Waals surface area contributed by atoms with Gasteiger partial charge in [-0.15, -0.1) is 0 Å². The lowest BCUT2D eigenvalue weighted by atomic mass is 9.99. The highest BCUT2D eigenvalue weighted by Gasteiger charge is 2.43. The Hall–Kier alpha value is -0.780. The second-order valence-corrected chi connectivity index (χ2v) is 4.39. The summed E-state index contributed by atoms with van der Waals surface area (Å²) in [5.74, 6) is -0.947. The lowest BCUT2D eigenvalue weighted by Gasteiger charge is -2.31. The second-order valence-electron chi connectivity index (χ2n) is 4.39. The van der Waals surface area contributed by atoms with Crippen LogP contribution in [0.4, 0.5) is 13.2 Å². The SMILES string of the molecule is CC1(C(=O)O)CCCN1CCCC(F)(F)F. The number of halogens is 3. The van der Waals surface area contributed by atoms with Crippen LogP contribution in [0, 0.1) is 0 Å². The minimum Gasteiger partial charge on any atom is -0.480 e. The first-order valence-corrected chi connectivity index (χ1v) is 5.31. The van der Waals surface area contributed by atoms with Gasteiger partial charge in [-0.2, -0.15) is 13.2 Å². The molecule has 0 aliphatic carbocycles. The van der Waals surface area contributed by atoms with Crippen LogP contribution in [0.25, 0.3) is 0 Å². The molecular weight excluding hydrogens is 223 g/mol. The van der Waals surface area contributed by atoms with E-state index in [-0.39, 0.29) is 13.0 Å². The molecule has 6 heteroatoms. The molecule has 0 aromatic rings. The number of carboxylic acids is 1. The van der Waals surface area contributed by atoms with E-state index in [0.29, 0.717) is 13.0 Å². The molecular formula is C10H16F3NO2. The summed E-state index contributed by atoms with van der Waals surface area (Å²) >= 11 is 0. The van der Waals surface area contributed by atoms with Gasteiger partial charge in [0.25, 0.3) is 0 Å². The fraction of sp³-hybridized carbons (Fsp3) is 0.900. The van der Waals surface area contributed by atoms with Gasteiger partial charge in [-0.3, -0.25) is 9.69 Å². The highest BCUT2D eigenvalue weighted by atomic mass is 19.4. The number of carbonyl (C=O) groups is 1. The Labute approximate surface area is 92.2 Å². The van der Waals surface area contributed by atoms with Crippen molar-refractivity contribution in [3.05, 3.63) is 0 Å². The molecule has 1 fully saturated rings. The molecule has 1 aliphatic heterocycles. The summed E-state index contributed by atoms with van der Waals surface area (Å²) in [6.45, 7) is 2.35. The first-order valence-electron chi connectivity index (χ1n) is 5.31. The third-order valence-electron chi connectivity index (χ3n) is 3.14. The van der Waals surface area contributed by atoms with Gasteiger partial charge in [-0.1, -0.05) is 0 Å². The van der Waals surface area contributed by atoms with E-state index in [0.717, 1.165) is 6.42 Å². The molecule has 1 saturated heterocycles. The number of likely N-dealkylation sites (tertiary alicyclic amines) is 1. The van der Waals surface area contributed by atoms with Crippen LogP contribution in [0.1, 0.15) is 32.6 Å². The Bertz CT molecular complexity index is 267. The standard InChI is InChI=1S/C10H16F3NO2/c1-9(8(15)16)4-2-6-14(9)7-3-5-10(11,12)13/h2-7H2,1H3,(H,15,16). The Kier molecular flexibility index (Phi) is 3.83. The number of nitrogens with zero attached hydrogens (tertiary/aromatic N) is 1. The summed E-state index contributed by atoms with van der Waals surface area (Å²) in [6, 6.07) is 0. The van der Waals surface area contributed by atoms with Crippen molar-refractivity contribution in [2.45, 2.75) is 44.3 Å². The smallest absolute Gasteiger partial charge is 0.389 e. The molecule has 3 nitrogen and oxygen atoms in total. The normalized spacial score (nSPS) is 27.2. The molecule has 0 radical (unpaired) electrons. The van der Waals surface area contributed by atoms with Gasteiger partial charge in [-0.05, 0) is 39.3 Å². The number of carboxylic acid groups (broad SMARTS) is 1. The monoisotopic (exact) mass is 239 g/mol. The van der Waals surface area contributed by atoms with E-state index in [1.54, 1.807) is 11.8 Å². The van der Waals surface area contributed by atoms with Crippen molar-refractivity contribution in [3.8, 4) is 0 Å². The van der Waals surface area contributed by atoms with Crippen molar-refractivity contribution in [3.63, 3.8) is 0 Å². The van der Waals surface area contributed by atoms with Crippen molar-refractivity contribution < 1.29 is 23.1 Å². The number of aliphatic carboxylic acids is 1. The highest BCUT2D eigenvalue weighted by Crippen LogP contribution is 2.30. The van der Waals surface area contributed by atoms with Gasteiger partial charge < -0.3 is 5.11 Å². The quantitative estimate of drug-likeness (QED) is 0.818. The van der Waals surface area contributed by atoms with E-state index >= 15 is 0 Å². The van der Waals surface area contributed by atoms with Crippen LogP contribution in [0.3, 0.4) is 0 Å². The molecule has 0 aromatic heterocycles. The fourth-order valence-corrected chi connectivity index (χ4v) is 2.09. The summed E-state index contributed by atoms with van der Waals surface area (Å²) in [4.78, 5) is 12.7. The van der Waals surface area contributed by atoms with Gasteiger partial charge in [0.15, 0.2) is 0 Å². The van der Waals surface area contributed by atoms with Gasteiger partial charge in [-0.25, -0.2) is 0 Å². The van der Waals surface area contributed by atoms with E-state index in [1.165, 1.54) is 0 Å². The zero-order chi connectivity index (χ0) is 12.4. The minimum absolute atomic E-state index is 0.0353. The minimum atomic E-state index is -4.15. The summed E-state index contributed by atoms with van der Waals surface area (Å²) in [6.07, 6.45) is -3.80. The first-order chi connectivity index (χ1) is 7.26. The maximum absolute atomic E-state index is 11.9. The Morgan fingerprint density at radius 3 is 2.62 bits per heavy atom. The first kappa shape index (κ1) is 13.3. The number of rotatable bonds is 4. The molecule has 1 aliphatic rings. The van der Waals surface area contributed by atoms with Gasteiger partial charge in [0.05, 0.1) is 0 Å². The van der Waals surface area contributed by atoms with Crippen molar-refractivity contribution in [2.75, 3.05) is 13.1 Å². The zero-order valence-corrected chi connectivity index (χ0v) is 9.18. The Morgan fingerprint density at radius 1 is 1.50 bits per heavy atom. The molecule has 1 unspecified atom stereocenters. The predicted octanol–water partition coefficient (Wildman–Crippen LogP) is 2.27. The molecule has 0 aromatic carbocycles. The maximum atomic E-state index is 11.9. The van der Waals surface area contributed by atoms with Crippen LogP contribution >= 0.6 is 0 Å². The molecule has 1 heterocycles.